The van der Waals surface area contributed by atoms with Crippen molar-refractivity contribution in [2.45, 2.75) is 32.9 Å². The molecule has 21 heavy (non-hydrogen) atoms. The van der Waals surface area contributed by atoms with Crippen molar-refractivity contribution < 1.29 is 9.28 Å². The van der Waals surface area contributed by atoms with Crippen molar-refractivity contribution in [1.82, 2.24) is 4.90 Å². The molecule has 2 heterocycles. The predicted octanol–water partition coefficient (Wildman–Crippen LogP) is 2.45. The molecule has 1 unspecified atom stereocenters. The highest BCUT2D eigenvalue weighted by atomic mass is 16.1. The number of likely N-dealkylation sites (tertiary alicyclic amines) is 2. The number of hydrogen-bond acceptors (Lipinski definition) is 2. The second kappa shape index (κ2) is 5.90. The summed E-state index contributed by atoms with van der Waals surface area (Å²) in [6.45, 7) is 8.52. The van der Waals surface area contributed by atoms with E-state index in [1.807, 2.05) is 0 Å². The zero-order valence-corrected chi connectivity index (χ0v) is 13.3. The van der Waals surface area contributed by atoms with E-state index in [1.54, 1.807) is 0 Å². The monoisotopic (exact) mass is 287 g/mol. The summed E-state index contributed by atoms with van der Waals surface area (Å²) in [4.78, 5) is 14.0. The molecule has 1 atom stereocenters. The van der Waals surface area contributed by atoms with E-state index in [1.165, 1.54) is 35.1 Å². The average molecular weight is 287 g/mol. The van der Waals surface area contributed by atoms with Gasteiger partial charge in [-0.3, -0.25) is 9.69 Å². The summed E-state index contributed by atoms with van der Waals surface area (Å²) in [6, 6.07) is 8.95. The zero-order chi connectivity index (χ0) is 14.9. The quantitative estimate of drug-likeness (QED) is 0.793. The fourth-order valence-corrected chi connectivity index (χ4v) is 3.77. The summed E-state index contributed by atoms with van der Waals surface area (Å²) in [5.74, 6) is 0.892. The van der Waals surface area contributed by atoms with E-state index in [0.717, 1.165) is 26.1 Å². The lowest BCUT2D eigenvalue weighted by molar-refractivity contribution is -0.958. The molecule has 2 saturated heterocycles. The summed E-state index contributed by atoms with van der Waals surface area (Å²) < 4.78 is 1.18. The lowest BCUT2D eigenvalue weighted by Gasteiger charge is -2.42. The van der Waals surface area contributed by atoms with Crippen LogP contribution in [0.2, 0.25) is 0 Å². The standard InChI is InChI=1S/C18H27N2O/c1-15-9-18(21)13-19(11-15)12-16-5-3-6-17(10-16)14-20(2)7-4-8-20/h3,5-6,10,15H,4,7-9,11-14H2,1-2H3/q+1. The van der Waals surface area contributed by atoms with Gasteiger partial charge < -0.3 is 4.48 Å². The third-order valence-electron chi connectivity index (χ3n) is 4.90. The number of nitrogens with zero attached hydrogens (tertiary/aromatic N) is 2. The normalized spacial score (nSPS) is 25.6. The summed E-state index contributed by atoms with van der Waals surface area (Å²) >= 11 is 0. The number of hydrogen-bond donors (Lipinski definition) is 0. The van der Waals surface area contributed by atoms with Crippen LogP contribution >= 0.6 is 0 Å². The number of benzene rings is 1. The average Bonchev–Trinajstić information content (AvgIpc) is 2.36. The van der Waals surface area contributed by atoms with Crippen molar-refractivity contribution in [2.75, 3.05) is 33.2 Å². The Morgan fingerprint density at radius 1 is 1.29 bits per heavy atom. The lowest BCUT2D eigenvalue weighted by atomic mass is 9.98. The molecule has 0 saturated carbocycles. The van der Waals surface area contributed by atoms with Gasteiger partial charge in [0.1, 0.15) is 12.3 Å². The highest BCUT2D eigenvalue weighted by molar-refractivity contribution is 5.81. The Morgan fingerprint density at radius 2 is 2.05 bits per heavy atom. The molecule has 1 aromatic carbocycles. The molecule has 3 nitrogen and oxygen atoms in total. The van der Waals surface area contributed by atoms with Gasteiger partial charge in [-0.15, -0.1) is 0 Å². The van der Waals surface area contributed by atoms with E-state index >= 15 is 0 Å². The van der Waals surface area contributed by atoms with Crippen molar-refractivity contribution >= 4 is 5.78 Å². The van der Waals surface area contributed by atoms with Crippen LogP contribution in [0.4, 0.5) is 0 Å². The minimum Gasteiger partial charge on any atom is -0.322 e. The number of carbonyl (C=O) groups is 1. The van der Waals surface area contributed by atoms with E-state index in [-0.39, 0.29) is 0 Å². The Morgan fingerprint density at radius 3 is 2.71 bits per heavy atom. The van der Waals surface area contributed by atoms with Gasteiger partial charge in [-0.2, -0.15) is 0 Å². The first-order valence-corrected chi connectivity index (χ1v) is 8.18. The van der Waals surface area contributed by atoms with E-state index in [2.05, 4.69) is 43.1 Å². The van der Waals surface area contributed by atoms with Crippen LogP contribution < -0.4 is 0 Å². The minimum absolute atomic E-state index is 0.392. The number of carbonyl (C=O) groups excluding carboxylic acids is 1. The highest BCUT2D eigenvalue weighted by Crippen LogP contribution is 2.22. The van der Waals surface area contributed by atoms with Gasteiger partial charge in [0.2, 0.25) is 0 Å². The summed E-state index contributed by atoms with van der Waals surface area (Å²) in [5, 5.41) is 0. The second-order valence-electron chi connectivity index (χ2n) is 7.42. The Labute approximate surface area is 128 Å². The summed E-state index contributed by atoms with van der Waals surface area (Å²) in [5.41, 5.74) is 2.78. The van der Waals surface area contributed by atoms with Crippen molar-refractivity contribution in [3.63, 3.8) is 0 Å². The maximum atomic E-state index is 11.7. The smallest absolute Gasteiger partial charge is 0.147 e. The number of piperidine rings is 1. The molecule has 3 heteroatoms. The number of ketones is 1. The molecule has 0 aliphatic carbocycles. The zero-order valence-electron chi connectivity index (χ0n) is 13.3. The maximum absolute atomic E-state index is 11.7. The van der Waals surface area contributed by atoms with Gasteiger partial charge in [0.05, 0.1) is 26.7 Å². The first-order valence-electron chi connectivity index (χ1n) is 8.18. The first kappa shape index (κ1) is 14.7. The van der Waals surface area contributed by atoms with E-state index in [0.29, 0.717) is 18.2 Å². The van der Waals surface area contributed by atoms with Crippen LogP contribution in [0, 0.1) is 5.92 Å². The predicted molar refractivity (Wildman–Crippen MR) is 84.7 cm³/mol. The molecule has 0 bridgehead atoms. The van der Waals surface area contributed by atoms with Crippen LogP contribution in [0.1, 0.15) is 30.9 Å². The molecule has 0 spiro atoms. The van der Waals surface area contributed by atoms with Crippen LogP contribution in [0.5, 0.6) is 0 Å². The van der Waals surface area contributed by atoms with Crippen LogP contribution in [-0.2, 0) is 17.9 Å². The molecule has 0 aromatic heterocycles. The van der Waals surface area contributed by atoms with Crippen LogP contribution in [0.3, 0.4) is 0 Å². The molecule has 3 rings (SSSR count). The molecular weight excluding hydrogens is 260 g/mol. The third-order valence-corrected chi connectivity index (χ3v) is 4.90. The minimum atomic E-state index is 0.392. The van der Waals surface area contributed by atoms with Gasteiger partial charge in [0.15, 0.2) is 0 Å². The topological polar surface area (TPSA) is 20.3 Å². The molecule has 2 aliphatic heterocycles. The van der Waals surface area contributed by atoms with Crippen molar-refractivity contribution in [1.29, 1.82) is 0 Å². The molecule has 2 aliphatic rings. The number of quaternary nitrogens is 1. The summed E-state index contributed by atoms with van der Waals surface area (Å²) in [7, 11) is 2.35. The Balaban J connectivity index is 1.64. The number of rotatable bonds is 4. The SMILES string of the molecule is CC1CC(=O)CN(Cc2cccc(C[N+]3(C)CCC3)c2)C1. The molecule has 114 valence electrons. The van der Waals surface area contributed by atoms with Gasteiger partial charge in [-0.1, -0.05) is 25.1 Å². The first-order chi connectivity index (χ1) is 10.0. The molecule has 0 amide bonds. The van der Waals surface area contributed by atoms with E-state index < -0.39 is 0 Å². The van der Waals surface area contributed by atoms with Crippen LogP contribution in [-0.4, -0.2) is 48.4 Å². The van der Waals surface area contributed by atoms with Crippen LogP contribution in [0.15, 0.2) is 24.3 Å². The number of Topliss-reactive ketones (excluding diaryl/α,β-unsaturated/α-hetero) is 1. The third kappa shape index (κ3) is 3.72. The molecule has 2 fully saturated rings. The van der Waals surface area contributed by atoms with Gasteiger partial charge in [-0.25, -0.2) is 0 Å². The Kier molecular flexibility index (Phi) is 4.14. The molecule has 1 aromatic rings. The molecule has 0 radical (unpaired) electrons. The summed E-state index contributed by atoms with van der Waals surface area (Å²) in [6.07, 6.45) is 2.12. The largest absolute Gasteiger partial charge is 0.322 e. The van der Waals surface area contributed by atoms with E-state index in [9.17, 15) is 4.79 Å². The molecule has 0 N–H and O–H groups in total. The highest BCUT2D eigenvalue weighted by Gasteiger charge is 2.30. The van der Waals surface area contributed by atoms with Gasteiger partial charge in [0.25, 0.3) is 0 Å². The molecular formula is C18H27N2O+. The Hall–Kier alpha value is -1.19. The van der Waals surface area contributed by atoms with Crippen molar-refractivity contribution in [2.24, 2.45) is 5.92 Å². The Bertz CT molecular complexity index is 522. The lowest BCUT2D eigenvalue weighted by Crippen LogP contribution is -2.53. The van der Waals surface area contributed by atoms with Gasteiger partial charge in [-0.05, 0) is 17.5 Å². The fourth-order valence-electron chi connectivity index (χ4n) is 3.77. The van der Waals surface area contributed by atoms with Crippen molar-refractivity contribution in [3.8, 4) is 0 Å². The second-order valence-corrected chi connectivity index (χ2v) is 7.42. The maximum Gasteiger partial charge on any atom is 0.147 e. The van der Waals surface area contributed by atoms with Crippen molar-refractivity contribution in [3.05, 3.63) is 35.4 Å². The fraction of sp³-hybridized carbons (Fsp3) is 0.611. The van der Waals surface area contributed by atoms with Gasteiger partial charge >= 0.3 is 0 Å². The van der Waals surface area contributed by atoms with E-state index in [4.69, 9.17) is 0 Å². The van der Waals surface area contributed by atoms with Gasteiger partial charge in [0, 0.05) is 31.5 Å². The van der Waals surface area contributed by atoms with Crippen LogP contribution in [0.25, 0.3) is 0 Å².